The first-order valence-corrected chi connectivity index (χ1v) is 7.52. The lowest BCUT2D eigenvalue weighted by atomic mass is 10.0. The minimum atomic E-state index is -0.123. The molecule has 0 aliphatic carbocycles. The molecule has 6 heteroatoms. The van der Waals surface area contributed by atoms with Crippen molar-refractivity contribution in [2.45, 2.75) is 19.0 Å². The Morgan fingerprint density at radius 2 is 1.78 bits per heavy atom. The van der Waals surface area contributed by atoms with Crippen molar-refractivity contribution in [2.75, 3.05) is 28.8 Å². The lowest BCUT2D eigenvalue weighted by Gasteiger charge is -2.16. The van der Waals surface area contributed by atoms with Crippen LogP contribution in [0, 0.1) is 0 Å². The lowest BCUT2D eigenvalue weighted by molar-refractivity contribution is -0.116. The molecule has 0 saturated heterocycles. The molecule has 118 valence electrons. The fourth-order valence-corrected chi connectivity index (χ4v) is 3.17. The van der Waals surface area contributed by atoms with Crippen LogP contribution in [0.2, 0.25) is 0 Å². The van der Waals surface area contributed by atoms with Gasteiger partial charge in [0.05, 0.1) is 24.4 Å². The maximum Gasteiger partial charge on any atom is 0.231 e. The van der Waals surface area contributed by atoms with E-state index in [4.69, 9.17) is 10.5 Å². The largest absolute Gasteiger partial charge is 0.496 e. The molecule has 23 heavy (non-hydrogen) atoms. The van der Waals surface area contributed by atoms with E-state index < -0.39 is 0 Å². The van der Waals surface area contributed by atoms with Crippen LogP contribution in [0.1, 0.15) is 30.1 Å². The first-order valence-electron chi connectivity index (χ1n) is 7.52. The molecule has 0 spiro atoms. The van der Waals surface area contributed by atoms with Gasteiger partial charge in [0.2, 0.25) is 5.91 Å². The van der Waals surface area contributed by atoms with E-state index in [1.54, 1.807) is 7.11 Å². The molecule has 2 heterocycles. The summed E-state index contributed by atoms with van der Waals surface area (Å²) >= 11 is 0. The van der Waals surface area contributed by atoms with Crippen molar-refractivity contribution >= 4 is 28.7 Å². The van der Waals surface area contributed by atoms with E-state index in [0.717, 1.165) is 33.9 Å². The standard InChI is InChI=1S/C17H18N4O2/c1-8-11-6-13-14(7-12(11)21-17(8)22)20-16(19-13)10-4-3-9(18)5-15(10)23-2/h3-8,16,19-20H,18H2,1-2H3,(H,21,22). The van der Waals surface area contributed by atoms with E-state index in [0.29, 0.717) is 5.69 Å². The summed E-state index contributed by atoms with van der Waals surface area (Å²) < 4.78 is 5.43. The van der Waals surface area contributed by atoms with Gasteiger partial charge in [-0.1, -0.05) is 0 Å². The maximum atomic E-state index is 11.8. The van der Waals surface area contributed by atoms with E-state index >= 15 is 0 Å². The number of anilines is 4. The lowest BCUT2D eigenvalue weighted by Crippen LogP contribution is -2.13. The molecule has 6 nitrogen and oxygen atoms in total. The molecule has 2 atom stereocenters. The number of methoxy groups -OCH3 is 1. The number of fused-ring (bicyclic) bond motifs is 2. The van der Waals surface area contributed by atoms with Crippen molar-refractivity contribution in [2.24, 2.45) is 0 Å². The smallest absolute Gasteiger partial charge is 0.231 e. The number of nitrogen functional groups attached to an aromatic ring is 1. The molecule has 2 aliphatic rings. The summed E-state index contributed by atoms with van der Waals surface area (Å²) in [4.78, 5) is 11.8. The second-order valence-corrected chi connectivity index (χ2v) is 5.92. The Balaban J connectivity index is 1.68. The van der Waals surface area contributed by atoms with Crippen LogP contribution >= 0.6 is 0 Å². The van der Waals surface area contributed by atoms with E-state index in [-0.39, 0.29) is 18.0 Å². The number of hydrogen-bond donors (Lipinski definition) is 4. The maximum absolute atomic E-state index is 11.8. The van der Waals surface area contributed by atoms with Crippen molar-refractivity contribution in [3.8, 4) is 5.75 Å². The Hall–Kier alpha value is -2.89. The van der Waals surface area contributed by atoms with Crippen LogP contribution in [0.3, 0.4) is 0 Å². The summed E-state index contributed by atoms with van der Waals surface area (Å²) in [6.45, 7) is 1.91. The number of nitrogens with one attached hydrogen (secondary N) is 3. The molecule has 2 unspecified atom stereocenters. The summed E-state index contributed by atoms with van der Waals surface area (Å²) in [6, 6.07) is 9.62. The second-order valence-electron chi connectivity index (χ2n) is 5.92. The minimum absolute atomic E-state index is 0.0421. The predicted molar refractivity (Wildman–Crippen MR) is 90.9 cm³/mol. The quantitative estimate of drug-likeness (QED) is 0.641. The fourth-order valence-electron chi connectivity index (χ4n) is 3.17. The SMILES string of the molecule is COc1cc(N)ccc1C1Nc2cc3c(cc2N1)C(C)C(=O)N3. The summed E-state index contributed by atoms with van der Waals surface area (Å²) in [5.74, 6) is 0.652. The van der Waals surface area contributed by atoms with Gasteiger partial charge in [-0.25, -0.2) is 0 Å². The molecule has 2 aromatic rings. The number of carbonyl (C=O) groups is 1. The number of hydrogen-bond acceptors (Lipinski definition) is 5. The average Bonchev–Trinajstić information content (AvgIpc) is 3.06. The van der Waals surface area contributed by atoms with Crippen molar-refractivity contribution in [1.82, 2.24) is 0 Å². The second kappa shape index (κ2) is 4.81. The molecular weight excluding hydrogens is 292 g/mol. The zero-order valence-corrected chi connectivity index (χ0v) is 12.9. The van der Waals surface area contributed by atoms with Gasteiger partial charge in [0.1, 0.15) is 11.9 Å². The third kappa shape index (κ3) is 2.06. The van der Waals surface area contributed by atoms with Crippen LogP contribution in [0.5, 0.6) is 5.75 Å². The normalized spacial score (nSPS) is 21.0. The number of ether oxygens (including phenoxy) is 1. The van der Waals surface area contributed by atoms with Gasteiger partial charge < -0.3 is 26.4 Å². The Labute approximate surface area is 134 Å². The number of nitrogens with two attached hydrogens (primary N) is 1. The molecule has 0 saturated carbocycles. The van der Waals surface area contributed by atoms with Crippen molar-refractivity contribution < 1.29 is 9.53 Å². The summed E-state index contributed by atoms with van der Waals surface area (Å²) in [7, 11) is 1.63. The van der Waals surface area contributed by atoms with Gasteiger partial charge >= 0.3 is 0 Å². The number of rotatable bonds is 2. The van der Waals surface area contributed by atoms with Crippen LogP contribution in [0.25, 0.3) is 0 Å². The first kappa shape index (κ1) is 13.8. The van der Waals surface area contributed by atoms with Crippen LogP contribution in [-0.4, -0.2) is 13.0 Å². The van der Waals surface area contributed by atoms with Crippen LogP contribution in [0.4, 0.5) is 22.7 Å². The zero-order chi connectivity index (χ0) is 16.1. The molecule has 2 aromatic carbocycles. The molecular formula is C17H18N4O2. The molecule has 0 bridgehead atoms. The van der Waals surface area contributed by atoms with Crippen molar-refractivity contribution in [3.05, 3.63) is 41.5 Å². The Bertz CT molecular complexity index is 818. The van der Waals surface area contributed by atoms with E-state index in [9.17, 15) is 4.79 Å². The highest BCUT2D eigenvalue weighted by Gasteiger charge is 2.31. The van der Waals surface area contributed by atoms with Crippen molar-refractivity contribution in [1.29, 1.82) is 0 Å². The van der Waals surface area contributed by atoms with Crippen LogP contribution < -0.4 is 26.4 Å². The molecule has 1 amide bonds. The molecule has 4 rings (SSSR count). The number of amides is 1. The Morgan fingerprint density at radius 1 is 1.04 bits per heavy atom. The van der Waals surface area contributed by atoms with Gasteiger partial charge in [0, 0.05) is 23.0 Å². The predicted octanol–water partition coefficient (Wildman–Crippen LogP) is 2.87. The van der Waals surface area contributed by atoms with Gasteiger partial charge in [-0.05, 0) is 36.8 Å². The third-order valence-corrected chi connectivity index (χ3v) is 4.48. The highest BCUT2D eigenvalue weighted by atomic mass is 16.5. The zero-order valence-electron chi connectivity index (χ0n) is 12.9. The average molecular weight is 310 g/mol. The molecule has 0 fully saturated rings. The number of benzene rings is 2. The third-order valence-electron chi connectivity index (χ3n) is 4.48. The van der Waals surface area contributed by atoms with Gasteiger partial charge in [-0.15, -0.1) is 0 Å². The van der Waals surface area contributed by atoms with Crippen LogP contribution in [-0.2, 0) is 4.79 Å². The summed E-state index contributed by atoms with van der Waals surface area (Å²) in [5, 5.41) is 9.77. The van der Waals surface area contributed by atoms with E-state index in [1.807, 2.05) is 37.3 Å². The minimum Gasteiger partial charge on any atom is -0.496 e. The topological polar surface area (TPSA) is 88.4 Å². The van der Waals surface area contributed by atoms with Crippen LogP contribution in [0.15, 0.2) is 30.3 Å². The highest BCUT2D eigenvalue weighted by molar-refractivity contribution is 6.04. The monoisotopic (exact) mass is 310 g/mol. The molecule has 2 aliphatic heterocycles. The Morgan fingerprint density at radius 3 is 2.52 bits per heavy atom. The van der Waals surface area contributed by atoms with E-state index in [2.05, 4.69) is 16.0 Å². The highest BCUT2D eigenvalue weighted by Crippen LogP contribution is 2.44. The molecule has 5 N–H and O–H groups in total. The Kier molecular flexibility index (Phi) is 2.87. The molecule has 0 radical (unpaired) electrons. The molecule has 0 aromatic heterocycles. The van der Waals surface area contributed by atoms with Gasteiger partial charge in [-0.3, -0.25) is 4.79 Å². The van der Waals surface area contributed by atoms with Crippen molar-refractivity contribution in [3.63, 3.8) is 0 Å². The van der Waals surface area contributed by atoms with Gasteiger partial charge in [-0.2, -0.15) is 0 Å². The summed E-state index contributed by atoms with van der Waals surface area (Å²) in [6.07, 6.45) is -0.103. The first-order chi connectivity index (χ1) is 11.1. The fraction of sp³-hybridized carbons (Fsp3) is 0.235. The summed E-state index contributed by atoms with van der Waals surface area (Å²) in [5.41, 5.74) is 11.3. The van der Waals surface area contributed by atoms with E-state index in [1.165, 1.54) is 0 Å². The van der Waals surface area contributed by atoms with Gasteiger partial charge in [0.25, 0.3) is 0 Å². The van der Waals surface area contributed by atoms with Gasteiger partial charge in [0.15, 0.2) is 0 Å². The number of carbonyl (C=O) groups excluding carboxylic acids is 1.